The van der Waals surface area contributed by atoms with E-state index in [1.165, 1.54) is 28.9 Å². The molecular formula is C20H20F2N2O4. The first-order valence-electron chi connectivity index (χ1n) is 8.67. The van der Waals surface area contributed by atoms with E-state index in [-0.39, 0.29) is 30.7 Å². The van der Waals surface area contributed by atoms with E-state index in [9.17, 15) is 18.4 Å². The second-order valence-corrected chi connectivity index (χ2v) is 6.42. The van der Waals surface area contributed by atoms with E-state index in [1.807, 2.05) is 0 Å². The van der Waals surface area contributed by atoms with Crippen molar-refractivity contribution in [2.75, 3.05) is 18.5 Å². The van der Waals surface area contributed by atoms with E-state index < -0.39 is 12.7 Å². The molecule has 1 atom stereocenters. The predicted molar refractivity (Wildman–Crippen MR) is 98.4 cm³/mol. The number of rotatable bonds is 5. The molecule has 0 spiro atoms. The molecule has 0 fully saturated rings. The van der Waals surface area contributed by atoms with Gasteiger partial charge in [0.2, 0.25) is 5.91 Å². The van der Waals surface area contributed by atoms with Gasteiger partial charge in [0.1, 0.15) is 11.5 Å². The normalized spacial score (nSPS) is 15.6. The van der Waals surface area contributed by atoms with Crippen molar-refractivity contribution in [2.24, 2.45) is 0 Å². The monoisotopic (exact) mass is 390 g/mol. The van der Waals surface area contributed by atoms with Crippen LogP contribution in [0.4, 0.5) is 14.5 Å². The molecule has 2 aromatic carbocycles. The molecule has 0 saturated carbocycles. The number of benzene rings is 2. The van der Waals surface area contributed by atoms with Gasteiger partial charge in [-0.05, 0) is 29.8 Å². The smallest absolute Gasteiger partial charge is 0.387 e. The maximum Gasteiger partial charge on any atom is 0.387 e. The number of carbonyl (C=O) groups excluding carboxylic acids is 2. The highest BCUT2D eigenvalue weighted by Crippen LogP contribution is 2.33. The summed E-state index contributed by atoms with van der Waals surface area (Å²) in [5, 5.41) is 0. The highest BCUT2D eigenvalue weighted by molar-refractivity contribution is 5.95. The highest BCUT2D eigenvalue weighted by Gasteiger charge is 2.34. The van der Waals surface area contributed by atoms with Gasteiger partial charge in [-0.3, -0.25) is 9.59 Å². The summed E-state index contributed by atoms with van der Waals surface area (Å²) in [5.41, 5.74) is 1.38. The first-order valence-corrected chi connectivity index (χ1v) is 8.67. The summed E-state index contributed by atoms with van der Waals surface area (Å²) in [5.74, 6) is 0.0701. The molecule has 0 bridgehead atoms. The van der Waals surface area contributed by atoms with E-state index in [0.29, 0.717) is 11.4 Å². The number of alkyl halides is 2. The van der Waals surface area contributed by atoms with Gasteiger partial charge in [0.15, 0.2) is 6.10 Å². The number of ether oxygens (including phenoxy) is 2. The summed E-state index contributed by atoms with van der Waals surface area (Å²) in [4.78, 5) is 27.8. The summed E-state index contributed by atoms with van der Waals surface area (Å²) in [6.45, 7) is -1.06. The number of hydrogen-bond acceptors (Lipinski definition) is 4. The zero-order valence-corrected chi connectivity index (χ0v) is 15.5. The van der Waals surface area contributed by atoms with E-state index in [1.54, 1.807) is 43.4 Å². The van der Waals surface area contributed by atoms with Crippen molar-refractivity contribution < 1.29 is 27.8 Å². The Balaban J connectivity index is 1.69. The third-order valence-corrected chi connectivity index (χ3v) is 4.37. The Morgan fingerprint density at radius 3 is 2.54 bits per heavy atom. The SMILES string of the molecule is CC(=O)N1CC(C(=O)N(C)Cc2ccc(OC(F)F)cc2)Oc2ccccc21. The minimum absolute atomic E-state index is 0.0528. The van der Waals surface area contributed by atoms with Crippen LogP contribution >= 0.6 is 0 Å². The lowest BCUT2D eigenvalue weighted by molar-refractivity contribution is -0.138. The molecule has 148 valence electrons. The van der Waals surface area contributed by atoms with Crippen LogP contribution in [0.15, 0.2) is 48.5 Å². The summed E-state index contributed by atoms with van der Waals surface area (Å²) in [6.07, 6.45) is -0.828. The fourth-order valence-corrected chi connectivity index (χ4v) is 3.04. The number of nitrogens with zero attached hydrogens (tertiary/aromatic N) is 2. The number of likely N-dealkylation sites (N-methyl/N-ethyl adjacent to an activating group) is 1. The summed E-state index contributed by atoms with van der Waals surface area (Å²) in [6, 6.07) is 13.1. The molecule has 1 aliphatic rings. The van der Waals surface area contributed by atoms with Crippen molar-refractivity contribution in [2.45, 2.75) is 26.2 Å². The van der Waals surface area contributed by atoms with Crippen molar-refractivity contribution in [1.82, 2.24) is 4.90 Å². The van der Waals surface area contributed by atoms with E-state index in [2.05, 4.69) is 4.74 Å². The Bertz CT molecular complexity index is 858. The Morgan fingerprint density at radius 2 is 1.89 bits per heavy atom. The van der Waals surface area contributed by atoms with Gasteiger partial charge >= 0.3 is 6.61 Å². The average Bonchev–Trinajstić information content (AvgIpc) is 2.67. The van der Waals surface area contributed by atoms with Gasteiger partial charge in [0, 0.05) is 20.5 Å². The lowest BCUT2D eigenvalue weighted by Gasteiger charge is -2.35. The number of carbonyl (C=O) groups is 2. The topological polar surface area (TPSA) is 59.1 Å². The Morgan fingerprint density at radius 1 is 1.21 bits per heavy atom. The molecule has 1 unspecified atom stereocenters. The van der Waals surface area contributed by atoms with Gasteiger partial charge in [0.25, 0.3) is 5.91 Å². The second kappa shape index (κ2) is 8.24. The van der Waals surface area contributed by atoms with Crippen molar-refractivity contribution in [1.29, 1.82) is 0 Å². The minimum Gasteiger partial charge on any atom is -0.476 e. The number of anilines is 1. The van der Waals surface area contributed by atoms with Crippen molar-refractivity contribution in [3.05, 3.63) is 54.1 Å². The molecule has 1 heterocycles. The van der Waals surface area contributed by atoms with E-state index in [4.69, 9.17) is 4.74 Å². The van der Waals surface area contributed by atoms with Crippen molar-refractivity contribution in [3.8, 4) is 11.5 Å². The standard InChI is InChI=1S/C20H20F2N2O4/c1-13(25)24-12-18(28-17-6-4-3-5-16(17)24)19(26)23(2)11-14-7-9-15(10-8-14)27-20(21)22/h3-10,18,20H,11-12H2,1-2H3. The molecule has 28 heavy (non-hydrogen) atoms. The van der Waals surface area contributed by atoms with Gasteiger partial charge < -0.3 is 19.3 Å². The first kappa shape index (κ1) is 19.6. The number of halogens is 2. The molecule has 2 aromatic rings. The molecule has 0 N–H and O–H groups in total. The van der Waals surface area contributed by atoms with E-state index in [0.717, 1.165) is 5.56 Å². The summed E-state index contributed by atoms with van der Waals surface area (Å²) in [7, 11) is 1.62. The second-order valence-electron chi connectivity index (χ2n) is 6.42. The third-order valence-electron chi connectivity index (χ3n) is 4.37. The highest BCUT2D eigenvalue weighted by atomic mass is 19.3. The molecule has 0 radical (unpaired) electrons. The van der Waals surface area contributed by atoms with Crippen LogP contribution in [-0.4, -0.2) is 43.0 Å². The Labute approximate surface area is 161 Å². The van der Waals surface area contributed by atoms with Crippen molar-refractivity contribution in [3.63, 3.8) is 0 Å². The lowest BCUT2D eigenvalue weighted by Crippen LogP contribution is -2.50. The van der Waals surface area contributed by atoms with Crippen LogP contribution in [0.5, 0.6) is 11.5 Å². The van der Waals surface area contributed by atoms with Crippen LogP contribution in [0.2, 0.25) is 0 Å². The fraction of sp³-hybridized carbons (Fsp3) is 0.300. The quantitative estimate of drug-likeness (QED) is 0.787. The number of hydrogen-bond donors (Lipinski definition) is 0. The van der Waals surface area contributed by atoms with Crippen LogP contribution in [-0.2, 0) is 16.1 Å². The molecular weight excluding hydrogens is 370 g/mol. The third kappa shape index (κ3) is 4.39. The van der Waals surface area contributed by atoms with Crippen LogP contribution < -0.4 is 14.4 Å². The molecule has 1 aliphatic heterocycles. The molecule has 0 aliphatic carbocycles. The van der Waals surface area contributed by atoms with Gasteiger partial charge in [0.05, 0.1) is 12.2 Å². The van der Waals surface area contributed by atoms with Gasteiger partial charge in [-0.1, -0.05) is 24.3 Å². The van der Waals surface area contributed by atoms with Crippen LogP contribution in [0.3, 0.4) is 0 Å². The average molecular weight is 390 g/mol. The molecule has 2 amide bonds. The number of para-hydroxylation sites is 2. The molecule has 3 rings (SSSR count). The maximum atomic E-state index is 12.8. The number of amides is 2. The van der Waals surface area contributed by atoms with Crippen LogP contribution in [0.25, 0.3) is 0 Å². The zero-order valence-electron chi connectivity index (χ0n) is 15.5. The van der Waals surface area contributed by atoms with Gasteiger partial charge in [-0.2, -0.15) is 8.78 Å². The molecule has 8 heteroatoms. The molecule has 0 saturated heterocycles. The predicted octanol–water partition coefficient (Wildman–Crippen LogP) is 3.06. The minimum atomic E-state index is -2.88. The maximum absolute atomic E-state index is 12.8. The largest absolute Gasteiger partial charge is 0.476 e. The van der Waals surface area contributed by atoms with E-state index >= 15 is 0 Å². The summed E-state index contributed by atoms with van der Waals surface area (Å²) < 4.78 is 34.6. The zero-order chi connectivity index (χ0) is 20.3. The Hall–Kier alpha value is -3.16. The van der Waals surface area contributed by atoms with Crippen molar-refractivity contribution >= 4 is 17.5 Å². The lowest BCUT2D eigenvalue weighted by atomic mass is 10.1. The van der Waals surface area contributed by atoms with Crippen LogP contribution in [0, 0.1) is 0 Å². The molecule has 0 aromatic heterocycles. The van der Waals surface area contributed by atoms with Gasteiger partial charge in [-0.15, -0.1) is 0 Å². The Kier molecular flexibility index (Phi) is 5.77. The fourth-order valence-electron chi connectivity index (χ4n) is 3.04. The summed E-state index contributed by atoms with van der Waals surface area (Å²) >= 11 is 0. The number of fused-ring (bicyclic) bond motifs is 1. The van der Waals surface area contributed by atoms with Crippen LogP contribution in [0.1, 0.15) is 12.5 Å². The first-order chi connectivity index (χ1) is 13.3. The van der Waals surface area contributed by atoms with Gasteiger partial charge in [-0.25, -0.2) is 0 Å². The molecule has 6 nitrogen and oxygen atoms in total.